The molecular formula is C16H22FN3. The minimum absolute atomic E-state index is 0.276. The van der Waals surface area contributed by atoms with Crippen molar-refractivity contribution in [3.8, 4) is 6.07 Å². The summed E-state index contributed by atoms with van der Waals surface area (Å²) in [6.07, 6.45) is 2.28. The predicted octanol–water partition coefficient (Wildman–Crippen LogP) is 2.61. The first-order chi connectivity index (χ1) is 9.63. The minimum atomic E-state index is -0.276. The fourth-order valence-electron chi connectivity index (χ4n) is 2.82. The number of hydrogen-bond acceptors (Lipinski definition) is 3. The van der Waals surface area contributed by atoms with Gasteiger partial charge in [-0.1, -0.05) is 13.0 Å². The lowest BCUT2D eigenvalue weighted by Crippen LogP contribution is -2.43. The smallest absolute Gasteiger partial charge is 0.129 e. The van der Waals surface area contributed by atoms with Gasteiger partial charge in [0, 0.05) is 18.2 Å². The molecule has 0 spiro atoms. The molecule has 0 aliphatic carbocycles. The summed E-state index contributed by atoms with van der Waals surface area (Å²) in [5, 5.41) is 8.76. The van der Waals surface area contributed by atoms with Crippen molar-refractivity contribution in [3.05, 3.63) is 35.1 Å². The Hall–Kier alpha value is -1.44. The second kappa shape index (κ2) is 6.83. The molecule has 108 valence electrons. The van der Waals surface area contributed by atoms with Crippen LogP contribution in [0.3, 0.4) is 0 Å². The van der Waals surface area contributed by atoms with Gasteiger partial charge in [0.2, 0.25) is 0 Å². The molecule has 1 aliphatic heterocycles. The van der Waals surface area contributed by atoms with Crippen LogP contribution in [-0.4, -0.2) is 42.5 Å². The van der Waals surface area contributed by atoms with E-state index in [2.05, 4.69) is 23.8 Å². The molecule has 1 aromatic rings. The van der Waals surface area contributed by atoms with Gasteiger partial charge in [0.05, 0.1) is 11.6 Å². The molecule has 1 fully saturated rings. The maximum atomic E-state index is 13.9. The van der Waals surface area contributed by atoms with E-state index >= 15 is 0 Å². The average Bonchev–Trinajstić information content (AvgIpc) is 2.49. The normalized spacial score (nSPS) is 17.4. The second-order valence-electron chi connectivity index (χ2n) is 5.50. The van der Waals surface area contributed by atoms with Crippen LogP contribution >= 0.6 is 0 Å². The quantitative estimate of drug-likeness (QED) is 0.846. The number of halogens is 1. The van der Waals surface area contributed by atoms with Crippen molar-refractivity contribution in [2.45, 2.75) is 32.4 Å². The summed E-state index contributed by atoms with van der Waals surface area (Å²) in [7, 11) is 2.06. The fourth-order valence-corrected chi connectivity index (χ4v) is 2.82. The first-order valence-electron chi connectivity index (χ1n) is 7.25. The molecule has 0 bridgehead atoms. The number of nitriles is 1. The average molecular weight is 275 g/mol. The maximum Gasteiger partial charge on any atom is 0.129 e. The Morgan fingerprint density at radius 2 is 2.10 bits per heavy atom. The highest BCUT2D eigenvalue weighted by Gasteiger charge is 2.22. The Bertz CT molecular complexity index is 487. The van der Waals surface area contributed by atoms with Gasteiger partial charge in [0.1, 0.15) is 5.82 Å². The summed E-state index contributed by atoms with van der Waals surface area (Å²) in [6.45, 7) is 6.16. The van der Waals surface area contributed by atoms with Crippen molar-refractivity contribution in [1.82, 2.24) is 9.80 Å². The zero-order valence-electron chi connectivity index (χ0n) is 12.3. The molecule has 0 radical (unpaired) electrons. The van der Waals surface area contributed by atoms with Crippen molar-refractivity contribution in [3.63, 3.8) is 0 Å². The van der Waals surface area contributed by atoms with E-state index in [0.717, 1.165) is 32.5 Å². The molecule has 1 aliphatic rings. The Morgan fingerprint density at radius 3 is 2.65 bits per heavy atom. The minimum Gasteiger partial charge on any atom is -0.303 e. The lowest BCUT2D eigenvalue weighted by Gasteiger charge is -2.36. The van der Waals surface area contributed by atoms with Crippen LogP contribution in [0, 0.1) is 17.1 Å². The standard InChI is InChI=1S/C16H22FN3/c1-3-20-8-6-15(7-9-20)19(2)12-14-5-4-13(11-18)10-16(14)17/h4-5,10,15H,3,6-9,12H2,1-2H3. The molecule has 0 saturated carbocycles. The third-order valence-corrected chi connectivity index (χ3v) is 4.23. The van der Waals surface area contributed by atoms with Crippen molar-refractivity contribution in [2.75, 3.05) is 26.7 Å². The highest BCUT2D eigenvalue weighted by atomic mass is 19.1. The summed E-state index contributed by atoms with van der Waals surface area (Å²) in [5.41, 5.74) is 1.05. The van der Waals surface area contributed by atoms with Crippen molar-refractivity contribution >= 4 is 0 Å². The van der Waals surface area contributed by atoms with E-state index in [1.165, 1.54) is 6.07 Å². The van der Waals surface area contributed by atoms with Gasteiger partial charge in [-0.3, -0.25) is 4.90 Å². The highest BCUT2D eigenvalue weighted by Crippen LogP contribution is 2.19. The zero-order chi connectivity index (χ0) is 14.5. The molecule has 0 aromatic heterocycles. The SMILES string of the molecule is CCN1CCC(N(C)Cc2ccc(C#N)cc2F)CC1. The van der Waals surface area contributed by atoms with E-state index < -0.39 is 0 Å². The first-order valence-corrected chi connectivity index (χ1v) is 7.25. The molecule has 2 rings (SSSR count). The van der Waals surface area contributed by atoms with Gasteiger partial charge in [-0.15, -0.1) is 0 Å². The summed E-state index contributed by atoms with van der Waals surface area (Å²) >= 11 is 0. The Kier molecular flexibility index (Phi) is 5.11. The number of benzene rings is 1. The summed E-state index contributed by atoms with van der Waals surface area (Å²) in [4.78, 5) is 4.68. The molecule has 1 heterocycles. The number of piperidine rings is 1. The Balaban J connectivity index is 1.95. The number of likely N-dealkylation sites (tertiary alicyclic amines) is 1. The van der Waals surface area contributed by atoms with Crippen LogP contribution in [0.25, 0.3) is 0 Å². The van der Waals surface area contributed by atoms with Gasteiger partial charge in [-0.05, 0) is 51.7 Å². The van der Waals surface area contributed by atoms with Gasteiger partial charge in [0.25, 0.3) is 0 Å². The third-order valence-electron chi connectivity index (χ3n) is 4.23. The van der Waals surface area contributed by atoms with Gasteiger partial charge in [-0.25, -0.2) is 4.39 Å². The van der Waals surface area contributed by atoms with E-state index in [1.807, 2.05) is 6.07 Å². The van der Waals surface area contributed by atoms with Crippen LogP contribution in [0.4, 0.5) is 4.39 Å². The summed E-state index contributed by atoms with van der Waals surface area (Å²) in [5.74, 6) is -0.276. The summed E-state index contributed by atoms with van der Waals surface area (Å²) < 4.78 is 13.9. The van der Waals surface area contributed by atoms with Crippen LogP contribution in [0.15, 0.2) is 18.2 Å². The van der Waals surface area contributed by atoms with Crippen LogP contribution in [0.5, 0.6) is 0 Å². The van der Waals surface area contributed by atoms with Gasteiger partial charge >= 0.3 is 0 Å². The largest absolute Gasteiger partial charge is 0.303 e. The molecule has 0 unspecified atom stereocenters. The van der Waals surface area contributed by atoms with Crippen molar-refractivity contribution in [2.24, 2.45) is 0 Å². The zero-order valence-corrected chi connectivity index (χ0v) is 12.3. The lowest BCUT2D eigenvalue weighted by molar-refractivity contribution is 0.126. The number of hydrogen-bond donors (Lipinski definition) is 0. The number of nitrogens with zero attached hydrogens (tertiary/aromatic N) is 3. The molecule has 4 heteroatoms. The fraction of sp³-hybridized carbons (Fsp3) is 0.562. The maximum absolute atomic E-state index is 13.9. The number of rotatable bonds is 4. The lowest BCUT2D eigenvalue weighted by atomic mass is 10.0. The van der Waals surface area contributed by atoms with Gasteiger partial charge < -0.3 is 4.90 Å². The predicted molar refractivity (Wildman–Crippen MR) is 77.7 cm³/mol. The third kappa shape index (κ3) is 3.56. The molecule has 1 aromatic carbocycles. The Morgan fingerprint density at radius 1 is 1.40 bits per heavy atom. The molecule has 20 heavy (non-hydrogen) atoms. The molecule has 1 saturated heterocycles. The van der Waals surface area contributed by atoms with Crippen LogP contribution in [0.2, 0.25) is 0 Å². The Labute approximate surface area is 120 Å². The second-order valence-corrected chi connectivity index (χ2v) is 5.50. The molecular weight excluding hydrogens is 253 g/mol. The topological polar surface area (TPSA) is 30.3 Å². The molecule has 0 N–H and O–H groups in total. The molecule has 0 amide bonds. The molecule has 0 atom stereocenters. The van der Waals surface area contributed by atoms with Crippen molar-refractivity contribution in [1.29, 1.82) is 5.26 Å². The van der Waals surface area contributed by atoms with Gasteiger partial charge in [-0.2, -0.15) is 5.26 Å². The monoisotopic (exact) mass is 275 g/mol. The van der Waals surface area contributed by atoms with E-state index in [9.17, 15) is 4.39 Å². The van der Waals surface area contributed by atoms with Crippen molar-refractivity contribution < 1.29 is 4.39 Å². The van der Waals surface area contributed by atoms with E-state index in [0.29, 0.717) is 23.7 Å². The first kappa shape index (κ1) is 15.0. The summed E-state index contributed by atoms with van der Waals surface area (Å²) in [6, 6.07) is 7.22. The van der Waals surface area contributed by atoms with Crippen LogP contribution < -0.4 is 0 Å². The van der Waals surface area contributed by atoms with Gasteiger partial charge in [0.15, 0.2) is 0 Å². The molecule has 3 nitrogen and oxygen atoms in total. The van der Waals surface area contributed by atoms with E-state index in [1.54, 1.807) is 12.1 Å². The van der Waals surface area contributed by atoms with E-state index in [4.69, 9.17) is 5.26 Å². The van der Waals surface area contributed by atoms with E-state index in [-0.39, 0.29) is 5.82 Å². The highest BCUT2D eigenvalue weighted by molar-refractivity contribution is 5.32. The van der Waals surface area contributed by atoms with Crippen LogP contribution in [0.1, 0.15) is 30.9 Å². The van der Waals surface area contributed by atoms with Crippen LogP contribution in [-0.2, 0) is 6.54 Å².